The zero-order valence-corrected chi connectivity index (χ0v) is 13.2. The maximum Gasteiger partial charge on any atom is 0.337 e. The first kappa shape index (κ1) is 16.7. The molecule has 0 aliphatic heterocycles. The van der Waals surface area contributed by atoms with Crippen molar-refractivity contribution >= 4 is 17.7 Å². The van der Waals surface area contributed by atoms with Crippen molar-refractivity contribution in [3.8, 4) is 5.69 Å². The Kier molecular flexibility index (Phi) is 5.48. The third kappa shape index (κ3) is 4.17. The molecule has 2 rings (SSSR count). The van der Waals surface area contributed by atoms with E-state index in [2.05, 4.69) is 15.0 Å². The number of carbonyl (C=O) groups is 2. The Bertz CT molecular complexity index is 679. The van der Waals surface area contributed by atoms with Gasteiger partial charge in [0.2, 0.25) is 5.91 Å². The minimum Gasteiger partial charge on any atom is -0.465 e. The number of aromatic nitrogens is 2. The monoisotopic (exact) mass is 316 g/mol. The number of hydrogen-bond donors (Lipinski definition) is 2. The van der Waals surface area contributed by atoms with E-state index >= 15 is 0 Å². The summed E-state index contributed by atoms with van der Waals surface area (Å²) in [7, 11) is 1.34. The molecule has 122 valence electrons. The molecule has 0 aliphatic rings. The average Bonchev–Trinajstić information content (AvgIpc) is 3.03. The molecule has 0 aliphatic carbocycles. The highest BCUT2D eigenvalue weighted by Gasteiger charge is 2.13. The second kappa shape index (κ2) is 7.55. The van der Waals surface area contributed by atoms with Crippen molar-refractivity contribution in [1.29, 1.82) is 0 Å². The lowest BCUT2D eigenvalue weighted by Gasteiger charge is -2.09. The molecule has 2 aromatic rings. The van der Waals surface area contributed by atoms with E-state index in [1.54, 1.807) is 41.4 Å². The number of nitrogens with one attached hydrogen (secondary N) is 1. The topological polar surface area (TPSA) is 99.2 Å². The van der Waals surface area contributed by atoms with Gasteiger partial charge in [0.15, 0.2) is 5.82 Å². The summed E-state index contributed by atoms with van der Waals surface area (Å²) in [5.41, 5.74) is 7.04. The fraction of sp³-hybridized carbons (Fsp3) is 0.312. The molecule has 0 spiro atoms. The van der Waals surface area contributed by atoms with E-state index in [1.807, 2.05) is 6.92 Å². The molecule has 23 heavy (non-hydrogen) atoms. The van der Waals surface area contributed by atoms with Crippen LogP contribution in [0.3, 0.4) is 0 Å². The van der Waals surface area contributed by atoms with Gasteiger partial charge in [-0.15, -0.1) is 0 Å². The number of anilines is 1. The summed E-state index contributed by atoms with van der Waals surface area (Å²) >= 11 is 0. The Hall–Kier alpha value is -2.67. The van der Waals surface area contributed by atoms with Crippen molar-refractivity contribution in [2.24, 2.45) is 5.73 Å². The third-order valence-corrected chi connectivity index (χ3v) is 3.36. The molecule has 0 saturated carbocycles. The number of methoxy groups -OCH3 is 1. The summed E-state index contributed by atoms with van der Waals surface area (Å²) in [6.07, 6.45) is 4.73. The zero-order chi connectivity index (χ0) is 16.8. The Morgan fingerprint density at radius 3 is 2.65 bits per heavy atom. The summed E-state index contributed by atoms with van der Waals surface area (Å²) in [6.45, 7) is 1.97. The van der Waals surface area contributed by atoms with Gasteiger partial charge in [-0.1, -0.05) is 13.3 Å². The van der Waals surface area contributed by atoms with Crippen molar-refractivity contribution in [2.75, 3.05) is 12.4 Å². The lowest BCUT2D eigenvalue weighted by molar-refractivity contribution is -0.117. The number of imidazole rings is 1. The lowest BCUT2D eigenvalue weighted by atomic mass is 10.2. The minimum atomic E-state index is -0.538. The number of ether oxygens (including phenoxy) is 1. The van der Waals surface area contributed by atoms with Crippen LogP contribution in [-0.2, 0) is 9.53 Å². The molecule has 3 N–H and O–H groups in total. The van der Waals surface area contributed by atoms with E-state index in [0.29, 0.717) is 17.8 Å². The highest BCUT2D eigenvalue weighted by atomic mass is 16.5. The first-order valence-corrected chi connectivity index (χ1v) is 7.34. The summed E-state index contributed by atoms with van der Waals surface area (Å²) in [5, 5.41) is 2.69. The van der Waals surface area contributed by atoms with Gasteiger partial charge in [0.25, 0.3) is 0 Å². The van der Waals surface area contributed by atoms with Crippen LogP contribution in [0.5, 0.6) is 0 Å². The SMILES string of the molecule is CCCC(N)C(=O)Nc1cn(-c2ccc(C(=O)OC)cc2)cn1. The fourth-order valence-corrected chi connectivity index (χ4v) is 2.08. The highest BCUT2D eigenvalue weighted by molar-refractivity contribution is 5.93. The predicted molar refractivity (Wildman–Crippen MR) is 86.4 cm³/mol. The van der Waals surface area contributed by atoms with Gasteiger partial charge in [0, 0.05) is 5.69 Å². The number of amides is 1. The van der Waals surface area contributed by atoms with Crippen molar-refractivity contribution in [3.63, 3.8) is 0 Å². The van der Waals surface area contributed by atoms with E-state index < -0.39 is 6.04 Å². The van der Waals surface area contributed by atoms with E-state index in [-0.39, 0.29) is 11.9 Å². The Labute approximate surface area is 134 Å². The second-order valence-corrected chi connectivity index (χ2v) is 5.09. The maximum atomic E-state index is 11.9. The van der Waals surface area contributed by atoms with Crippen molar-refractivity contribution < 1.29 is 14.3 Å². The Morgan fingerprint density at radius 1 is 1.35 bits per heavy atom. The summed E-state index contributed by atoms with van der Waals surface area (Å²) < 4.78 is 6.39. The Balaban J connectivity index is 2.07. The third-order valence-electron chi connectivity index (χ3n) is 3.36. The van der Waals surface area contributed by atoms with E-state index in [0.717, 1.165) is 12.1 Å². The van der Waals surface area contributed by atoms with Crippen LogP contribution >= 0.6 is 0 Å². The van der Waals surface area contributed by atoms with E-state index in [9.17, 15) is 9.59 Å². The van der Waals surface area contributed by atoms with Gasteiger partial charge in [-0.2, -0.15) is 0 Å². The smallest absolute Gasteiger partial charge is 0.337 e. The van der Waals surface area contributed by atoms with E-state index in [4.69, 9.17) is 5.73 Å². The molecule has 0 bridgehead atoms. The fourth-order valence-electron chi connectivity index (χ4n) is 2.08. The quantitative estimate of drug-likeness (QED) is 0.791. The molecular weight excluding hydrogens is 296 g/mol. The van der Waals surface area contributed by atoms with Crippen LogP contribution in [-0.4, -0.2) is 34.6 Å². The van der Waals surface area contributed by atoms with Crippen molar-refractivity contribution in [3.05, 3.63) is 42.4 Å². The molecule has 7 nitrogen and oxygen atoms in total. The molecule has 1 heterocycles. The number of nitrogens with two attached hydrogens (primary N) is 1. The number of nitrogens with zero attached hydrogens (tertiary/aromatic N) is 2. The molecule has 1 atom stereocenters. The van der Waals surface area contributed by atoms with Crippen LogP contribution in [0.2, 0.25) is 0 Å². The normalized spacial score (nSPS) is 11.8. The second-order valence-electron chi connectivity index (χ2n) is 5.09. The van der Waals surface area contributed by atoms with Crippen LogP contribution < -0.4 is 11.1 Å². The Morgan fingerprint density at radius 2 is 2.04 bits per heavy atom. The molecule has 7 heteroatoms. The number of hydrogen-bond acceptors (Lipinski definition) is 5. The molecule has 0 saturated heterocycles. The summed E-state index contributed by atoms with van der Waals surface area (Å²) in [6, 6.07) is 6.32. The molecule has 1 aromatic carbocycles. The highest BCUT2D eigenvalue weighted by Crippen LogP contribution is 2.13. The molecule has 0 radical (unpaired) electrons. The van der Waals surface area contributed by atoms with Crippen LogP contribution in [0.4, 0.5) is 5.82 Å². The number of carbonyl (C=O) groups excluding carboxylic acids is 2. The van der Waals surface area contributed by atoms with Crippen molar-refractivity contribution in [1.82, 2.24) is 9.55 Å². The largest absolute Gasteiger partial charge is 0.465 e. The van der Waals surface area contributed by atoms with Gasteiger partial charge in [-0.05, 0) is 30.7 Å². The molecular formula is C16H20N4O3. The number of benzene rings is 1. The van der Waals surface area contributed by atoms with Crippen molar-refractivity contribution in [2.45, 2.75) is 25.8 Å². The molecule has 1 aromatic heterocycles. The van der Waals surface area contributed by atoms with Gasteiger partial charge < -0.3 is 20.4 Å². The van der Waals surface area contributed by atoms with Gasteiger partial charge in [0.05, 0.1) is 24.9 Å². The van der Waals surface area contributed by atoms with Crippen LogP contribution in [0.25, 0.3) is 5.69 Å². The van der Waals surface area contributed by atoms with Gasteiger partial charge in [-0.25, -0.2) is 9.78 Å². The molecule has 1 unspecified atom stereocenters. The standard InChI is InChI=1S/C16H20N4O3/c1-3-4-13(17)15(21)19-14-9-20(10-18-14)12-7-5-11(6-8-12)16(22)23-2/h5-10,13H,3-4,17H2,1-2H3,(H,19,21). The van der Waals surface area contributed by atoms with Gasteiger partial charge in [-0.3, -0.25) is 4.79 Å². The maximum absolute atomic E-state index is 11.9. The zero-order valence-electron chi connectivity index (χ0n) is 13.2. The predicted octanol–water partition coefficient (Wildman–Crippen LogP) is 1.72. The molecule has 1 amide bonds. The van der Waals surface area contributed by atoms with Crippen LogP contribution in [0.1, 0.15) is 30.1 Å². The summed E-state index contributed by atoms with van der Waals surface area (Å²) in [5.74, 6) is -0.211. The van der Waals surface area contributed by atoms with Crippen LogP contribution in [0.15, 0.2) is 36.8 Å². The number of rotatable bonds is 6. The number of esters is 1. The average molecular weight is 316 g/mol. The van der Waals surface area contributed by atoms with Gasteiger partial charge in [0.1, 0.15) is 6.33 Å². The van der Waals surface area contributed by atoms with E-state index in [1.165, 1.54) is 7.11 Å². The van der Waals surface area contributed by atoms with Crippen LogP contribution in [0, 0.1) is 0 Å². The molecule has 0 fully saturated rings. The van der Waals surface area contributed by atoms with Gasteiger partial charge >= 0.3 is 5.97 Å². The summed E-state index contributed by atoms with van der Waals surface area (Å²) in [4.78, 5) is 27.4. The lowest BCUT2D eigenvalue weighted by Crippen LogP contribution is -2.35. The first-order valence-electron chi connectivity index (χ1n) is 7.34. The first-order chi connectivity index (χ1) is 11.0. The minimum absolute atomic E-state index is 0.252.